The van der Waals surface area contributed by atoms with Gasteiger partial charge in [0, 0.05) is 33.9 Å². The minimum Gasteiger partial charge on any atom is -0.392 e. The third-order valence-electron chi connectivity index (χ3n) is 4.12. The molecule has 1 aliphatic rings. The summed E-state index contributed by atoms with van der Waals surface area (Å²) in [5.41, 5.74) is 0.0683. The van der Waals surface area contributed by atoms with Crippen LogP contribution in [-0.4, -0.2) is 63.2 Å². The average molecular weight is 259 g/mol. The Balaban J connectivity index is 2.44. The predicted molar refractivity (Wildman–Crippen MR) is 72.7 cm³/mol. The average Bonchev–Trinajstić information content (AvgIpc) is 2.59. The van der Waals surface area contributed by atoms with E-state index in [4.69, 9.17) is 9.47 Å². The quantitative estimate of drug-likeness (QED) is 0.715. The van der Waals surface area contributed by atoms with Crippen LogP contribution in [0.3, 0.4) is 0 Å². The molecular weight excluding hydrogens is 230 g/mol. The third kappa shape index (κ3) is 4.50. The van der Waals surface area contributed by atoms with Crippen molar-refractivity contribution in [3.05, 3.63) is 0 Å². The predicted octanol–water partition coefficient (Wildman–Crippen LogP) is 1.38. The van der Waals surface area contributed by atoms with E-state index in [0.717, 1.165) is 45.7 Å². The molecule has 0 bridgehead atoms. The fourth-order valence-electron chi connectivity index (χ4n) is 2.76. The Kier molecular flexibility index (Phi) is 6.57. The number of methoxy groups -OCH3 is 2. The lowest BCUT2D eigenvalue weighted by Gasteiger charge is -2.30. The Bertz CT molecular complexity index is 225. The van der Waals surface area contributed by atoms with E-state index in [1.807, 2.05) is 0 Å². The lowest BCUT2D eigenvalue weighted by molar-refractivity contribution is 0.0249. The zero-order chi connectivity index (χ0) is 13.6. The molecular formula is C14H29NO3. The van der Waals surface area contributed by atoms with Gasteiger partial charge in [-0.05, 0) is 24.2 Å². The lowest BCUT2D eigenvalue weighted by Crippen LogP contribution is -2.39. The van der Waals surface area contributed by atoms with Crippen LogP contribution in [0.25, 0.3) is 0 Å². The summed E-state index contributed by atoms with van der Waals surface area (Å²) in [6.45, 7) is 8.54. The lowest BCUT2D eigenvalue weighted by atomic mass is 9.87. The summed E-state index contributed by atoms with van der Waals surface area (Å²) in [6.07, 6.45) is 2.04. The highest BCUT2D eigenvalue weighted by atomic mass is 16.5. The van der Waals surface area contributed by atoms with E-state index >= 15 is 0 Å². The number of nitrogens with zero attached hydrogens (tertiary/aromatic N) is 1. The second-order valence-electron chi connectivity index (χ2n) is 6.02. The molecule has 1 fully saturated rings. The SMILES string of the molecule is COCCN(CCOC)CC1CCC(C)(C)C1O. The van der Waals surface area contributed by atoms with Crippen molar-refractivity contribution in [2.45, 2.75) is 32.8 Å². The molecule has 108 valence electrons. The van der Waals surface area contributed by atoms with E-state index in [-0.39, 0.29) is 11.5 Å². The molecule has 1 N–H and O–H groups in total. The van der Waals surface area contributed by atoms with Crippen LogP contribution in [0.15, 0.2) is 0 Å². The highest BCUT2D eigenvalue weighted by Gasteiger charge is 2.41. The number of aliphatic hydroxyl groups is 1. The van der Waals surface area contributed by atoms with Gasteiger partial charge in [0.15, 0.2) is 0 Å². The Morgan fingerprint density at radius 1 is 1.17 bits per heavy atom. The van der Waals surface area contributed by atoms with Gasteiger partial charge in [0.1, 0.15) is 0 Å². The van der Waals surface area contributed by atoms with Crippen LogP contribution in [0.1, 0.15) is 26.7 Å². The molecule has 0 aromatic rings. The third-order valence-corrected chi connectivity index (χ3v) is 4.12. The maximum absolute atomic E-state index is 10.3. The Hall–Kier alpha value is -0.160. The Morgan fingerprint density at radius 2 is 1.72 bits per heavy atom. The van der Waals surface area contributed by atoms with E-state index in [2.05, 4.69) is 18.7 Å². The van der Waals surface area contributed by atoms with Gasteiger partial charge in [0.05, 0.1) is 19.3 Å². The molecule has 0 aromatic carbocycles. The molecule has 2 atom stereocenters. The second kappa shape index (κ2) is 7.43. The Labute approximate surface area is 111 Å². The topological polar surface area (TPSA) is 41.9 Å². The first-order valence-electron chi connectivity index (χ1n) is 6.89. The van der Waals surface area contributed by atoms with Crippen molar-refractivity contribution < 1.29 is 14.6 Å². The first-order valence-corrected chi connectivity index (χ1v) is 6.89. The molecule has 1 saturated carbocycles. The molecule has 0 aromatic heterocycles. The van der Waals surface area contributed by atoms with Gasteiger partial charge in [-0.2, -0.15) is 0 Å². The molecule has 1 rings (SSSR count). The van der Waals surface area contributed by atoms with Crippen LogP contribution in [0.4, 0.5) is 0 Å². The molecule has 1 aliphatic carbocycles. The summed E-state index contributed by atoms with van der Waals surface area (Å²) in [6, 6.07) is 0. The normalized spacial score (nSPS) is 27.0. The van der Waals surface area contributed by atoms with Crippen LogP contribution >= 0.6 is 0 Å². The van der Waals surface area contributed by atoms with Crippen LogP contribution < -0.4 is 0 Å². The fourth-order valence-corrected chi connectivity index (χ4v) is 2.76. The van der Waals surface area contributed by atoms with E-state index in [9.17, 15) is 5.11 Å². The number of hydrogen-bond donors (Lipinski definition) is 1. The Morgan fingerprint density at radius 3 is 2.11 bits per heavy atom. The van der Waals surface area contributed by atoms with Crippen molar-refractivity contribution in [3.8, 4) is 0 Å². The van der Waals surface area contributed by atoms with Crippen molar-refractivity contribution in [1.82, 2.24) is 4.90 Å². The number of hydrogen-bond acceptors (Lipinski definition) is 4. The van der Waals surface area contributed by atoms with Gasteiger partial charge < -0.3 is 14.6 Å². The first kappa shape index (κ1) is 15.9. The minimum absolute atomic E-state index is 0.0683. The second-order valence-corrected chi connectivity index (χ2v) is 6.02. The zero-order valence-electron chi connectivity index (χ0n) is 12.3. The van der Waals surface area contributed by atoms with Crippen LogP contribution in [0.5, 0.6) is 0 Å². The number of rotatable bonds is 8. The summed E-state index contributed by atoms with van der Waals surface area (Å²) < 4.78 is 10.3. The standard InChI is InChI=1S/C14H29NO3/c1-14(2)6-5-12(13(14)16)11-15(7-9-17-3)8-10-18-4/h12-13,16H,5-11H2,1-4H3. The molecule has 18 heavy (non-hydrogen) atoms. The van der Waals surface area contributed by atoms with Crippen molar-refractivity contribution in [1.29, 1.82) is 0 Å². The molecule has 0 radical (unpaired) electrons. The highest BCUT2D eigenvalue weighted by Crippen LogP contribution is 2.41. The molecule has 4 nitrogen and oxygen atoms in total. The van der Waals surface area contributed by atoms with E-state index < -0.39 is 0 Å². The zero-order valence-corrected chi connectivity index (χ0v) is 12.3. The van der Waals surface area contributed by atoms with Crippen molar-refractivity contribution in [3.63, 3.8) is 0 Å². The maximum Gasteiger partial charge on any atom is 0.0631 e. The number of aliphatic hydroxyl groups excluding tert-OH is 1. The molecule has 0 amide bonds. The number of ether oxygens (including phenoxy) is 2. The molecule has 0 spiro atoms. The van der Waals surface area contributed by atoms with Crippen molar-refractivity contribution >= 4 is 0 Å². The summed E-state index contributed by atoms with van der Waals surface area (Å²) in [7, 11) is 3.45. The molecule has 4 heteroatoms. The largest absolute Gasteiger partial charge is 0.392 e. The first-order chi connectivity index (χ1) is 8.51. The van der Waals surface area contributed by atoms with E-state index in [1.165, 1.54) is 0 Å². The molecule has 0 heterocycles. The van der Waals surface area contributed by atoms with Crippen molar-refractivity contribution in [2.75, 3.05) is 47.1 Å². The smallest absolute Gasteiger partial charge is 0.0631 e. The van der Waals surface area contributed by atoms with Gasteiger partial charge in [-0.3, -0.25) is 4.90 Å². The highest BCUT2D eigenvalue weighted by molar-refractivity contribution is 4.92. The monoisotopic (exact) mass is 259 g/mol. The summed E-state index contributed by atoms with van der Waals surface area (Å²) >= 11 is 0. The molecule has 0 aliphatic heterocycles. The fraction of sp³-hybridized carbons (Fsp3) is 1.00. The van der Waals surface area contributed by atoms with Crippen LogP contribution in [-0.2, 0) is 9.47 Å². The maximum atomic E-state index is 10.3. The van der Waals surface area contributed by atoms with Crippen LogP contribution in [0.2, 0.25) is 0 Å². The van der Waals surface area contributed by atoms with Gasteiger partial charge in [-0.15, -0.1) is 0 Å². The van der Waals surface area contributed by atoms with Gasteiger partial charge in [-0.25, -0.2) is 0 Å². The summed E-state index contributed by atoms with van der Waals surface area (Å²) in [4.78, 5) is 2.34. The van der Waals surface area contributed by atoms with E-state index in [0.29, 0.717) is 5.92 Å². The van der Waals surface area contributed by atoms with Gasteiger partial charge in [0.2, 0.25) is 0 Å². The summed E-state index contributed by atoms with van der Waals surface area (Å²) in [5, 5.41) is 10.3. The summed E-state index contributed by atoms with van der Waals surface area (Å²) in [5.74, 6) is 0.383. The minimum atomic E-state index is -0.190. The van der Waals surface area contributed by atoms with Crippen molar-refractivity contribution in [2.24, 2.45) is 11.3 Å². The molecule has 0 saturated heterocycles. The van der Waals surface area contributed by atoms with Gasteiger partial charge in [0.25, 0.3) is 0 Å². The van der Waals surface area contributed by atoms with Crippen LogP contribution in [0, 0.1) is 11.3 Å². The van der Waals surface area contributed by atoms with Gasteiger partial charge in [-0.1, -0.05) is 13.8 Å². The molecule has 2 unspecified atom stereocenters. The van der Waals surface area contributed by atoms with Gasteiger partial charge >= 0.3 is 0 Å². The van der Waals surface area contributed by atoms with E-state index in [1.54, 1.807) is 14.2 Å².